The van der Waals surface area contributed by atoms with Gasteiger partial charge in [0.1, 0.15) is 6.04 Å². The number of hydrogen-bond acceptors (Lipinski definition) is 3. The number of hydrogen-bond donors (Lipinski definition) is 1. The number of ether oxygens (including phenoxy) is 1. The highest BCUT2D eigenvalue weighted by molar-refractivity contribution is 6.31. The lowest BCUT2D eigenvalue weighted by molar-refractivity contribution is -0.122. The molecule has 1 atom stereocenters. The van der Waals surface area contributed by atoms with Gasteiger partial charge in [0.25, 0.3) is 5.91 Å². The molecule has 1 aromatic carbocycles. The molecular weight excluding hydrogens is 280 g/mol. The summed E-state index contributed by atoms with van der Waals surface area (Å²) in [6, 6.07) is 4.32. The molecule has 20 heavy (non-hydrogen) atoms. The summed E-state index contributed by atoms with van der Waals surface area (Å²) in [5.74, 6) is -0.858. The predicted molar refractivity (Wildman–Crippen MR) is 77.8 cm³/mol. The third kappa shape index (κ3) is 3.95. The van der Waals surface area contributed by atoms with Crippen LogP contribution >= 0.6 is 11.6 Å². The Balaban J connectivity index is 3.02. The molecule has 0 aliphatic heterocycles. The van der Waals surface area contributed by atoms with E-state index < -0.39 is 11.9 Å². The maximum atomic E-state index is 12.5. The van der Waals surface area contributed by atoms with E-state index in [0.29, 0.717) is 17.2 Å². The van der Waals surface area contributed by atoms with E-state index in [1.807, 2.05) is 6.92 Å². The van der Waals surface area contributed by atoms with E-state index >= 15 is 0 Å². The Morgan fingerprint density at radius 3 is 2.60 bits per heavy atom. The SMILES string of the molecule is COCCN(C(=O)c1ccc(C)c(Cl)c1)C(C)C(N)=O. The number of aryl methyl sites for hydroxylation is 1. The van der Waals surface area contributed by atoms with Crippen LogP contribution in [0, 0.1) is 6.92 Å². The molecule has 2 amide bonds. The van der Waals surface area contributed by atoms with Gasteiger partial charge in [0.15, 0.2) is 0 Å². The quantitative estimate of drug-likeness (QED) is 0.867. The standard InChI is InChI=1S/C14H19ClN2O3/c1-9-4-5-11(8-12(9)15)14(19)17(6-7-20-3)10(2)13(16)18/h4-5,8,10H,6-7H2,1-3H3,(H2,16,18). The van der Waals surface area contributed by atoms with Crippen LogP contribution in [0.25, 0.3) is 0 Å². The Hall–Kier alpha value is -1.59. The predicted octanol–water partition coefficient (Wildman–Crippen LogP) is 1.61. The number of amides is 2. The summed E-state index contributed by atoms with van der Waals surface area (Å²) in [6.07, 6.45) is 0. The van der Waals surface area contributed by atoms with Gasteiger partial charge >= 0.3 is 0 Å². The van der Waals surface area contributed by atoms with E-state index in [1.54, 1.807) is 25.1 Å². The summed E-state index contributed by atoms with van der Waals surface area (Å²) < 4.78 is 4.96. The highest BCUT2D eigenvalue weighted by Crippen LogP contribution is 2.18. The number of nitrogens with two attached hydrogens (primary N) is 1. The lowest BCUT2D eigenvalue weighted by Gasteiger charge is -2.27. The molecular formula is C14H19ClN2O3. The van der Waals surface area contributed by atoms with Crippen LogP contribution in [-0.2, 0) is 9.53 Å². The normalized spacial score (nSPS) is 12.0. The molecule has 0 aliphatic rings. The molecule has 1 rings (SSSR count). The largest absolute Gasteiger partial charge is 0.383 e. The first-order valence-corrected chi connectivity index (χ1v) is 6.61. The second kappa shape index (κ2) is 7.26. The van der Waals surface area contributed by atoms with Gasteiger partial charge in [-0.1, -0.05) is 17.7 Å². The number of rotatable bonds is 6. The molecule has 0 bridgehead atoms. The first-order valence-electron chi connectivity index (χ1n) is 6.23. The van der Waals surface area contributed by atoms with Crippen LogP contribution < -0.4 is 5.73 Å². The zero-order chi connectivity index (χ0) is 15.3. The van der Waals surface area contributed by atoms with Crippen molar-refractivity contribution < 1.29 is 14.3 Å². The summed E-state index contributed by atoms with van der Waals surface area (Å²) in [7, 11) is 1.53. The highest BCUT2D eigenvalue weighted by atomic mass is 35.5. The van der Waals surface area contributed by atoms with Crippen LogP contribution in [0.1, 0.15) is 22.8 Å². The van der Waals surface area contributed by atoms with Gasteiger partial charge in [0.2, 0.25) is 5.91 Å². The Labute approximate surface area is 123 Å². The minimum absolute atomic E-state index is 0.283. The van der Waals surface area contributed by atoms with E-state index in [-0.39, 0.29) is 12.5 Å². The summed E-state index contributed by atoms with van der Waals surface area (Å²) in [5, 5.41) is 0.509. The Kier molecular flexibility index (Phi) is 5.98. The molecule has 0 spiro atoms. The Morgan fingerprint density at radius 1 is 1.45 bits per heavy atom. The van der Waals surface area contributed by atoms with E-state index in [1.165, 1.54) is 12.0 Å². The maximum Gasteiger partial charge on any atom is 0.254 e. The van der Waals surface area contributed by atoms with E-state index in [2.05, 4.69) is 0 Å². The topological polar surface area (TPSA) is 72.6 Å². The average molecular weight is 299 g/mol. The lowest BCUT2D eigenvalue weighted by atomic mass is 10.1. The van der Waals surface area contributed by atoms with Crippen LogP contribution in [0.4, 0.5) is 0 Å². The molecule has 1 unspecified atom stereocenters. The molecule has 0 radical (unpaired) electrons. The molecule has 0 aliphatic carbocycles. The molecule has 0 saturated carbocycles. The maximum absolute atomic E-state index is 12.5. The second-order valence-electron chi connectivity index (χ2n) is 4.53. The first kappa shape index (κ1) is 16.5. The van der Waals surface area contributed by atoms with Gasteiger partial charge in [-0.2, -0.15) is 0 Å². The fraction of sp³-hybridized carbons (Fsp3) is 0.429. The number of carbonyl (C=O) groups is 2. The van der Waals surface area contributed by atoms with Crippen LogP contribution in [0.15, 0.2) is 18.2 Å². The highest BCUT2D eigenvalue weighted by Gasteiger charge is 2.25. The van der Waals surface area contributed by atoms with Gasteiger partial charge in [0.05, 0.1) is 6.61 Å². The zero-order valence-electron chi connectivity index (χ0n) is 11.9. The first-order chi connectivity index (χ1) is 9.38. The van der Waals surface area contributed by atoms with Crippen molar-refractivity contribution in [2.24, 2.45) is 5.73 Å². The summed E-state index contributed by atoms with van der Waals surface area (Å²) in [5.41, 5.74) is 6.58. The second-order valence-corrected chi connectivity index (χ2v) is 4.94. The minimum atomic E-state index is -0.710. The molecule has 0 aromatic heterocycles. The van der Waals surface area contributed by atoms with Crippen molar-refractivity contribution in [3.8, 4) is 0 Å². The van der Waals surface area contributed by atoms with Crippen LogP contribution in [-0.4, -0.2) is 43.0 Å². The third-order valence-electron chi connectivity index (χ3n) is 3.10. The summed E-state index contributed by atoms with van der Waals surface area (Å²) in [4.78, 5) is 25.2. The van der Waals surface area contributed by atoms with Crippen molar-refractivity contribution in [3.63, 3.8) is 0 Å². The molecule has 1 aromatic rings. The van der Waals surface area contributed by atoms with Crippen molar-refractivity contribution in [1.82, 2.24) is 4.90 Å². The van der Waals surface area contributed by atoms with Crippen molar-refractivity contribution in [1.29, 1.82) is 0 Å². The van der Waals surface area contributed by atoms with E-state index in [9.17, 15) is 9.59 Å². The molecule has 5 nitrogen and oxygen atoms in total. The van der Waals surface area contributed by atoms with Crippen molar-refractivity contribution in [2.45, 2.75) is 19.9 Å². The Bertz CT molecular complexity index is 505. The lowest BCUT2D eigenvalue weighted by Crippen LogP contribution is -2.47. The molecule has 0 fully saturated rings. The number of methoxy groups -OCH3 is 1. The zero-order valence-corrected chi connectivity index (χ0v) is 12.6. The number of primary amides is 1. The molecule has 0 heterocycles. The summed E-state index contributed by atoms with van der Waals surface area (Å²) >= 11 is 6.02. The molecule has 110 valence electrons. The fourth-order valence-corrected chi connectivity index (χ4v) is 1.89. The van der Waals surface area contributed by atoms with Crippen molar-refractivity contribution >= 4 is 23.4 Å². The van der Waals surface area contributed by atoms with Gasteiger partial charge < -0.3 is 15.4 Å². The van der Waals surface area contributed by atoms with Crippen LogP contribution in [0.3, 0.4) is 0 Å². The van der Waals surface area contributed by atoms with Crippen LogP contribution in [0.5, 0.6) is 0 Å². The van der Waals surface area contributed by atoms with Gasteiger partial charge in [-0.3, -0.25) is 9.59 Å². The summed E-state index contributed by atoms with van der Waals surface area (Å²) in [6.45, 7) is 4.05. The van der Waals surface area contributed by atoms with Crippen LogP contribution in [0.2, 0.25) is 5.02 Å². The minimum Gasteiger partial charge on any atom is -0.383 e. The fourth-order valence-electron chi connectivity index (χ4n) is 1.71. The van der Waals surface area contributed by atoms with Gasteiger partial charge in [0, 0.05) is 24.2 Å². The van der Waals surface area contributed by atoms with Gasteiger partial charge in [-0.15, -0.1) is 0 Å². The van der Waals surface area contributed by atoms with E-state index in [4.69, 9.17) is 22.1 Å². The van der Waals surface area contributed by atoms with Gasteiger partial charge in [-0.05, 0) is 31.5 Å². The van der Waals surface area contributed by atoms with Gasteiger partial charge in [-0.25, -0.2) is 0 Å². The van der Waals surface area contributed by atoms with E-state index in [0.717, 1.165) is 5.56 Å². The number of benzene rings is 1. The van der Waals surface area contributed by atoms with Crippen molar-refractivity contribution in [2.75, 3.05) is 20.3 Å². The molecule has 2 N–H and O–H groups in total. The Morgan fingerprint density at radius 2 is 2.10 bits per heavy atom. The molecule has 6 heteroatoms. The smallest absolute Gasteiger partial charge is 0.254 e. The average Bonchev–Trinajstić information content (AvgIpc) is 2.41. The monoisotopic (exact) mass is 298 g/mol. The number of carbonyl (C=O) groups excluding carboxylic acids is 2. The third-order valence-corrected chi connectivity index (χ3v) is 3.50. The number of halogens is 1. The van der Waals surface area contributed by atoms with Crippen molar-refractivity contribution in [3.05, 3.63) is 34.3 Å². The number of nitrogens with zero attached hydrogens (tertiary/aromatic N) is 1. The molecule has 0 saturated heterocycles.